The molecule has 0 radical (unpaired) electrons. The summed E-state index contributed by atoms with van der Waals surface area (Å²) in [4.78, 5) is 23.0. The van der Waals surface area contributed by atoms with Gasteiger partial charge < -0.3 is 9.47 Å². The lowest BCUT2D eigenvalue weighted by Gasteiger charge is -2.55. The van der Waals surface area contributed by atoms with Gasteiger partial charge in [0.2, 0.25) is 0 Å². The van der Waals surface area contributed by atoms with Crippen molar-refractivity contribution in [2.24, 2.45) is 23.2 Å². The molecule has 4 saturated carbocycles. The highest BCUT2D eigenvalue weighted by molar-refractivity contribution is 5.77. The number of esters is 2. The molecular formula is C15H21FO4. The third kappa shape index (κ3) is 2.54. The molecule has 0 aromatic carbocycles. The number of rotatable bonds is 5. The third-order valence-corrected chi connectivity index (χ3v) is 5.16. The smallest absolute Gasteiger partial charge is 0.337 e. The van der Waals surface area contributed by atoms with Gasteiger partial charge in [0.15, 0.2) is 6.67 Å². The summed E-state index contributed by atoms with van der Waals surface area (Å²) in [7, 11) is 0. The lowest BCUT2D eigenvalue weighted by Crippen LogP contribution is -2.50. The van der Waals surface area contributed by atoms with Crippen molar-refractivity contribution in [2.75, 3.05) is 19.9 Å². The lowest BCUT2D eigenvalue weighted by atomic mass is 9.49. The van der Waals surface area contributed by atoms with Crippen LogP contribution in [0, 0.1) is 23.2 Å². The predicted molar refractivity (Wildman–Crippen MR) is 68.5 cm³/mol. The third-order valence-electron chi connectivity index (χ3n) is 5.16. The molecule has 4 aliphatic rings. The molecule has 4 fully saturated rings. The molecule has 0 aromatic rings. The Morgan fingerprint density at radius 2 is 1.45 bits per heavy atom. The summed E-state index contributed by atoms with van der Waals surface area (Å²) in [5.41, 5.74) is -0.279. The van der Waals surface area contributed by atoms with Crippen molar-refractivity contribution in [1.82, 2.24) is 0 Å². The van der Waals surface area contributed by atoms with Crippen molar-refractivity contribution in [1.29, 1.82) is 0 Å². The molecule has 0 atom stereocenters. The maximum Gasteiger partial charge on any atom is 0.337 e. The van der Waals surface area contributed by atoms with E-state index in [4.69, 9.17) is 4.74 Å². The van der Waals surface area contributed by atoms with Gasteiger partial charge in [-0.2, -0.15) is 0 Å². The number of halogens is 1. The summed E-state index contributed by atoms with van der Waals surface area (Å²) < 4.78 is 21.7. The Bertz CT molecular complexity index is 371. The second kappa shape index (κ2) is 5.34. The van der Waals surface area contributed by atoms with Crippen LogP contribution in [0.2, 0.25) is 0 Å². The molecule has 0 amide bonds. The molecule has 20 heavy (non-hydrogen) atoms. The minimum absolute atomic E-state index is 0.0341. The lowest BCUT2D eigenvalue weighted by molar-refractivity contribution is -0.174. The summed E-state index contributed by atoms with van der Waals surface area (Å²) in [6, 6.07) is 0. The van der Waals surface area contributed by atoms with Crippen LogP contribution in [0.25, 0.3) is 0 Å². The topological polar surface area (TPSA) is 52.6 Å². The predicted octanol–water partition coefficient (Wildman–Crippen LogP) is 2.26. The molecule has 5 heteroatoms. The number of carbonyl (C=O) groups excluding carboxylic acids is 2. The van der Waals surface area contributed by atoms with Crippen molar-refractivity contribution in [2.45, 2.75) is 38.5 Å². The Balaban J connectivity index is 1.51. The van der Waals surface area contributed by atoms with Crippen LogP contribution in [0.1, 0.15) is 38.5 Å². The normalized spacial score (nSPS) is 37.8. The first-order valence-corrected chi connectivity index (χ1v) is 7.50. The van der Waals surface area contributed by atoms with E-state index in [1.807, 2.05) is 0 Å². The fourth-order valence-corrected chi connectivity index (χ4v) is 4.84. The molecule has 4 rings (SSSR count). The zero-order valence-corrected chi connectivity index (χ0v) is 11.6. The molecule has 4 nitrogen and oxygen atoms in total. The minimum atomic E-state index is -1.14. The maximum atomic E-state index is 12.4. The van der Waals surface area contributed by atoms with Crippen molar-refractivity contribution in [3.05, 3.63) is 0 Å². The first kappa shape index (κ1) is 13.8. The first-order chi connectivity index (χ1) is 9.61. The fraction of sp³-hybridized carbons (Fsp3) is 0.867. The van der Waals surface area contributed by atoms with E-state index >= 15 is 0 Å². The second-order valence-corrected chi connectivity index (χ2v) is 6.69. The summed E-state index contributed by atoms with van der Waals surface area (Å²) in [6.45, 7) is -1.16. The van der Waals surface area contributed by atoms with E-state index in [9.17, 15) is 14.0 Å². The summed E-state index contributed by atoms with van der Waals surface area (Å²) >= 11 is 0. The Hall–Kier alpha value is -1.13. The quantitative estimate of drug-likeness (QED) is 0.574. The Kier molecular flexibility index (Phi) is 3.69. The number of hydrogen-bond donors (Lipinski definition) is 0. The van der Waals surface area contributed by atoms with Crippen molar-refractivity contribution >= 4 is 11.9 Å². The molecule has 0 spiro atoms. The average molecular weight is 284 g/mol. The van der Waals surface area contributed by atoms with E-state index in [-0.39, 0.29) is 24.6 Å². The molecule has 0 aromatic heterocycles. The van der Waals surface area contributed by atoms with E-state index in [2.05, 4.69) is 4.74 Å². The van der Waals surface area contributed by atoms with Crippen LogP contribution in [0.3, 0.4) is 0 Å². The van der Waals surface area contributed by atoms with E-state index < -0.39 is 12.6 Å². The molecular weight excluding hydrogens is 263 g/mol. The molecule has 4 bridgehead atoms. The largest absolute Gasteiger partial charge is 0.462 e. The Morgan fingerprint density at radius 1 is 0.950 bits per heavy atom. The van der Waals surface area contributed by atoms with E-state index in [0.717, 1.165) is 19.3 Å². The van der Waals surface area contributed by atoms with Gasteiger partial charge in [0.1, 0.15) is 13.2 Å². The average Bonchev–Trinajstić information content (AvgIpc) is 2.41. The van der Waals surface area contributed by atoms with Gasteiger partial charge in [-0.25, -0.2) is 9.18 Å². The standard InChI is InChI=1S/C15H21FO4/c16-9-13(17)19-1-2-20-14(18)15-6-10-3-11(7-15)5-12(4-10)8-15/h10-12H,1-9H2. The highest BCUT2D eigenvalue weighted by atomic mass is 19.1. The van der Waals surface area contributed by atoms with Gasteiger partial charge in [0, 0.05) is 0 Å². The van der Waals surface area contributed by atoms with Crippen molar-refractivity contribution < 1.29 is 23.5 Å². The van der Waals surface area contributed by atoms with Gasteiger partial charge in [-0.05, 0) is 56.3 Å². The zero-order valence-electron chi connectivity index (χ0n) is 11.6. The fourth-order valence-electron chi connectivity index (χ4n) is 4.84. The number of alkyl halides is 1. The zero-order chi connectivity index (χ0) is 14.2. The molecule has 112 valence electrons. The first-order valence-electron chi connectivity index (χ1n) is 7.50. The van der Waals surface area contributed by atoms with Crippen molar-refractivity contribution in [3.8, 4) is 0 Å². The maximum absolute atomic E-state index is 12.4. The molecule has 0 N–H and O–H groups in total. The Labute approximate surface area is 118 Å². The highest BCUT2D eigenvalue weighted by Crippen LogP contribution is 2.60. The second-order valence-electron chi connectivity index (χ2n) is 6.69. The van der Waals surface area contributed by atoms with Crippen LogP contribution in [0.4, 0.5) is 4.39 Å². The molecule has 4 aliphatic carbocycles. The van der Waals surface area contributed by atoms with Gasteiger partial charge in [0.05, 0.1) is 5.41 Å². The van der Waals surface area contributed by atoms with Crippen LogP contribution >= 0.6 is 0 Å². The van der Waals surface area contributed by atoms with Crippen LogP contribution in [-0.4, -0.2) is 31.8 Å². The van der Waals surface area contributed by atoms with Crippen LogP contribution in [-0.2, 0) is 19.1 Å². The minimum Gasteiger partial charge on any atom is -0.462 e. The van der Waals surface area contributed by atoms with Gasteiger partial charge >= 0.3 is 11.9 Å². The van der Waals surface area contributed by atoms with Gasteiger partial charge in [-0.1, -0.05) is 0 Å². The van der Waals surface area contributed by atoms with Crippen molar-refractivity contribution in [3.63, 3.8) is 0 Å². The van der Waals surface area contributed by atoms with Gasteiger partial charge in [-0.3, -0.25) is 4.79 Å². The van der Waals surface area contributed by atoms with Crippen LogP contribution in [0.15, 0.2) is 0 Å². The SMILES string of the molecule is O=C(CF)OCCOC(=O)C12CC3CC(CC(C3)C1)C2. The molecule has 0 unspecified atom stereocenters. The summed E-state index contributed by atoms with van der Waals surface area (Å²) in [5.74, 6) is 1.04. The summed E-state index contributed by atoms with van der Waals surface area (Å²) in [5, 5.41) is 0. The van der Waals surface area contributed by atoms with E-state index in [1.54, 1.807) is 0 Å². The number of hydrogen-bond acceptors (Lipinski definition) is 4. The molecule has 0 heterocycles. The van der Waals surface area contributed by atoms with Crippen LogP contribution in [0.5, 0.6) is 0 Å². The Morgan fingerprint density at radius 3 is 1.95 bits per heavy atom. The number of ether oxygens (including phenoxy) is 2. The van der Waals surface area contributed by atoms with E-state index in [1.165, 1.54) is 19.3 Å². The molecule has 0 aliphatic heterocycles. The molecule has 0 saturated heterocycles. The van der Waals surface area contributed by atoms with Gasteiger partial charge in [0.25, 0.3) is 0 Å². The summed E-state index contributed by atoms with van der Waals surface area (Å²) in [6.07, 6.45) is 6.72. The van der Waals surface area contributed by atoms with Crippen LogP contribution < -0.4 is 0 Å². The monoisotopic (exact) mass is 284 g/mol. The van der Waals surface area contributed by atoms with Gasteiger partial charge in [-0.15, -0.1) is 0 Å². The number of carbonyl (C=O) groups is 2. The van der Waals surface area contributed by atoms with E-state index in [0.29, 0.717) is 17.8 Å². The highest BCUT2D eigenvalue weighted by Gasteiger charge is 2.55.